The first-order valence-electron chi connectivity index (χ1n) is 9.65. The van der Waals surface area contributed by atoms with Gasteiger partial charge in [-0.15, -0.1) is 10.2 Å². The number of anilines is 1. The van der Waals surface area contributed by atoms with E-state index >= 15 is 0 Å². The number of hydrogen-bond donors (Lipinski definition) is 1. The Kier molecular flexibility index (Phi) is 4.95. The first-order valence-corrected chi connectivity index (χ1v) is 10.5. The van der Waals surface area contributed by atoms with Crippen molar-refractivity contribution >= 4 is 28.3 Å². The lowest BCUT2D eigenvalue weighted by molar-refractivity contribution is -0.121. The highest BCUT2D eigenvalue weighted by Gasteiger charge is 2.55. The molecule has 142 valence electrons. The molecule has 1 spiro atoms. The minimum Gasteiger partial charge on any atom is -0.332 e. The Bertz CT molecular complexity index is 830. The molecule has 1 aliphatic carbocycles. The van der Waals surface area contributed by atoms with Crippen LogP contribution in [0, 0.1) is 0 Å². The zero-order valence-electron chi connectivity index (χ0n) is 15.5. The third kappa shape index (κ3) is 3.04. The average molecular weight is 385 g/mol. The van der Waals surface area contributed by atoms with E-state index in [1.165, 1.54) is 11.3 Å². The maximum absolute atomic E-state index is 13.4. The van der Waals surface area contributed by atoms with Crippen LogP contribution in [0.2, 0.25) is 0 Å². The average Bonchev–Trinajstić information content (AvgIpc) is 3.35. The molecule has 2 amide bonds. The molecule has 2 heterocycles. The summed E-state index contributed by atoms with van der Waals surface area (Å²) in [6, 6.07) is 7.58. The summed E-state index contributed by atoms with van der Waals surface area (Å²) in [6.07, 6.45) is 5.78. The Hall–Kier alpha value is -2.28. The molecule has 0 saturated heterocycles. The second-order valence-corrected chi connectivity index (χ2v) is 8.21. The highest BCUT2D eigenvalue weighted by Crippen LogP contribution is 2.50. The number of hydrogen-bond acceptors (Lipinski definition) is 5. The van der Waals surface area contributed by atoms with Gasteiger partial charge in [0.05, 0.1) is 11.5 Å². The number of nitrogens with zero attached hydrogens (tertiary/aromatic N) is 3. The second-order valence-electron chi connectivity index (χ2n) is 7.37. The van der Waals surface area contributed by atoms with Gasteiger partial charge in [-0.3, -0.25) is 14.9 Å². The molecular weight excluding hydrogens is 360 g/mol. The molecule has 0 bridgehead atoms. The molecule has 0 radical (unpaired) electrons. The van der Waals surface area contributed by atoms with Crippen LogP contribution in [0.1, 0.15) is 67.3 Å². The van der Waals surface area contributed by atoms with Gasteiger partial charge < -0.3 is 4.90 Å². The fourth-order valence-corrected chi connectivity index (χ4v) is 5.16. The van der Waals surface area contributed by atoms with Crippen molar-refractivity contribution in [2.75, 3.05) is 11.9 Å². The van der Waals surface area contributed by atoms with E-state index in [0.29, 0.717) is 17.2 Å². The number of carbonyl (C=O) groups is 2. The van der Waals surface area contributed by atoms with Gasteiger partial charge in [-0.1, -0.05) is 55.7 Å². The molecule has 1 atom stereocenters. The molecule has 1 aliphatic heterocycles. The quantitative estimate of drug-likeness (QED) is 0.850. The number of nitrogens with one attached hydrogen (secondary N) is 1. The van der Waals surface area contributed by atoms with E-state index in [2.05, 4.69) is 22.4 Å². The topological polar surface area (TPSA) is 75.2 Å². The summed E-state index contributed by atoms with van der Waals surface area (Å²) in [6.45, 7) is 2.83. The standard InChI is InChI=1S/C20H24N4O2S/c1-2-3-12-24-18(26)15-9-5-4-8-14(15)16(20(24)10-6-7-11-20)17(25)22-19-23-21-13-27-19/h4-5,8-9,13,16H,2-3,6-7,10-12H2,1H3,(H,22,23,25)/t16-/m0/s1. The Morgan fingerprint density at radius 3 is 2.81 bits per heavy atom. The van der Waals surface area contributed by atoms with Crippen LogP contribution >= 0.6 is 11.3 Å². The summed E-state index contributed by atoms with van der Waals surface area (Å²) in [5, 5.41) is 11.2. The van der Waals surface area contributed by atoms with Crippen molar-refractivity contribution < 1.29 is 9.59 Å². The summed E-state index contributed by atoms with van der Waals surface area (Å²) in [5.41, 5.74) is 2.67. The molecule has 1 saturated carbocycles. The Morgan fingerprint density at radius 1 is 1.33 bits per heavy atom. The lowest BCUT2D eigenvalue weighted by Crippen LogP contribution is -2.60. The van der Waals surface area contributed by atoms with Crippen molar-refractivity contribution in [2.24, 2.45) is 0 Å². The Morgan fingerprint density at radius 2 is 2.11 bits per heavy atom. The van der Waals surface area contributed by atoms with Crippen LogP contribution in [0.15, 0.2) is 29.8 Å². The van der Waals surface area contributed by atoms with Crippen LogP contribution in [0.4, 0.5) is 5.13 Å². The summed E-state index contributed by atoms with van der Waals surface area (Å²) >= 11 is 1.31. The van der Waals surface area contributed by atoms with Gasteiger partial charge >= 0.3 is 0 Å². The van der Waals surface area contributed by atoms with Crippen LogP contribution in [0.3, 0.4) is 0 Å². The van der Waals surface area contributed by atoms with Crippen molar-refractivity contribution in [3.05, 3.63) is 40.9 Å². The van der Waals surface area contributed by atoms with Crippen LogP contribution < -0.4 is 5.32 Å². The number of amides is 2. The van der Waals surface area contributed by atoms with Gasteiger partial charge in [0.15, 0.2) is 0 Å². The molecular formula is C20H24N4O2S. The van der Waals surface area contributed by atoms with Gasteiger partial charge in [0.1, 0.15) is 5.51 Å². The van der Waals surface area contributed by atoms with E-state index in [-0.39, 0.29) is 17.7 Å². The molecule has 2 aromatic rings. The molecule has 0 unspecified atom stereocenters. The number of fused-ring (bicyclic) bond motifs is 1. The molecule has 6 nitrogen and oxygen atoms in total. The third-order valence-electron chi connectivity index (χ3n) is 5.88. The lowest BCUT2D eigenvalue weighted by atomic mass is 9.71. The lowest BCUT2D eigenvalue weighted by Gasteiger charge is -2.50. The molecule has 1 N–H and O–H groups in total. The maximum Gasteiger partial charge on any atom is 0.254 e. The van der Waals surface area contributed by atoms with Crippen LogP contribution in [0.5, 0.6) is 0 Å². The van der Waals surface area contributed by atoms with Crippen molar-refractivity contribution in [3.8, 4) is 0 Å². The molecule has 2 aliphatic rings. The van der Waals surface area contributed by atoms with Crippen molar-refractivity contribution in [3.63, 3.8) is 0 Å². The third-order valence-corrected chi connectivity index (χ3v) is 6.49. The first kappa shape index (κ1) is 18.1. The number of rotatable bonds is 5. The summed E-state index contributed by atoms with van der Waals surface area (Å²) in [5.74, 6) is -0.398. The Balaban J connectivity index is 1.80. The van der Waals surface area contributed by atoms with E-state index < -0.39 is 5.54 Å². The van der Waals surface area contributed by atoms with Crippen LogP contribution in [-0.2, 0) is 4.79 Å². The monoisotopic (exact) mass is 384 g/mol. The van der Waals surface area contributed by atoms with Gasteiger partial charge in [-0.2, -0.15) is 0 Å². The summed E-state index contributed by atoms with van der Waals surface area (Å²) in [4.78, 5) is 28.8. The van der Waals surface area contributed by atoms with Gasteiger partial charge in [0.2, 0.25) is 11.0 Å². The van der Waals surface area contributed by atoms with Crippen LogP contribution in [-0.4, -0.2) is 39.0 Å². The molecule has 1 aromatic carbocycles. The smallest absolute Gasteiger partial charge is 0.254 e. The second kappa shape index (κ2) is 7.38. The minimum atomic E-state index is -0.435. The predicted octanol–water partition coefficient (Wildman–Crippen LogP) is 3.83. The van der Waals surface area contributed by atoms with Gasteiger partial charge in [0, 0.05) is 12.1 Å². The normalized spacial score (nSPS) is 20.7. The van der Waals surface area contributed by atoms with Gasteiger partial charge in [-0.05, 0) is 30.9 Å². The van der Waals surface area contributed by atoms with Gasteiger partial charge in [-0.25, -0.2) is 0 Å². The molecule has 1 aromatic heterocycles. The van der Waals surface area contributed by atoms with Crippen molar-refractivity contribution in [1.82, 2.24) is 15.1 Å². The number of benzene rings is 1. The summed E-state index contributed by atoms with van der Waals surface area (Å²) < 4.78 is 0. The zero-order valence-corrected chi connectivity index (χ0v) is 16.3. The zero-order chi connectivity index (χ0) is 18.9. The Labute approximate surface area is 163 Å². The SMILES string of the molecule is CCCCN1C(=O)c2ccccc2[C@@H](C(=O)Nc2nncs2)C12CCCC2. The number of carbonyl (C=O) groups excluding carboxylic acids is 2. The van der Waals surface area contributed by atoms with E-state index in [1.807, 2.05) is 29.2 Å². The van der Waals surface area contributed by atoms with Crippen LogP contribution in [0.25, 0.3) is 0 Å². The number of unbranched alkanes of at least 4 members (excludes halogenated alkanes) is 1. The minimum absolute atomic E-state index is 0.0703. The largest absolute Gasteiger partial charge is 0.332 e. The van der Waals surface area contributed by atoms with E-state index in [1.54, 1.807) is 5.51 Å². The fraction of sp³-hybridized carbons (Fsp3) is 0.500. The first-order chi connectivity index (χ1) is 13.2. The molecule has 1 fully saturated rings. The predicted molar refractivity (Wildman–Crippen MR) is 105 cm³/mol. The molecule has 4 rings (SSSR count). The highest BCUT2D eigenvalue weighted by molar-refractivity contribution is 7.13. The van der Waals surface area contributed by atoms with E-state index in [4.69, 9.17) is 0 Å². The van der Waals surface area contributed by atoms with E-state index in [0.717, 1.165) is 44.1 Å². The summed E-state index contributed by atoms with van der Waals surface area (Å²) in [7, 11) is 0. The molecule has 27 heavy (non-hydrogen) atoms. The van der Waals surface area contributed by atoms with E-state index in [9.17, 15) is 9.59 Å². The highest BCUT2D eigenvalue weighted by atomic mass is 32.1. The fourth-order valence-electron chi connectivity index (χ4n) is 4.71. The molecule has 7 heteroatoms. The van der Waals surface area contributed by atoms with Crippen molar-refractivity contribution in [1.29, 1.82) is 0 Å². The van der Waals surface area contributed by atoms with Gasteiger partial charge in [0.25, 0.3) is 5.91 Å². The number of aromatic nitrogens is 2. The maximum atomic E-state index is 13.4. The van der Waals surface area contributed by atoms with Crippen molar-refractivity contribution in [2.45, 2.75) is 56.9 Å².